The van der Waals surface area contributed by atoms with E-state index in [4.69, 9.17) is 4.74 Å². The van der Waals surface area contributed by atoms with Crippen molar-refractivity contribution in [1.82, 2.24) is 0 Å². The Labute approximate surface area is 109 Å². The maximum absolute atomic E-state index is 5.22. The van der Waals surface area contributed by atoms with Gasteiger partial charge in [-0.15, -0.1) is 17.7 Å². The smallest absolute Gasteiger partial charge is 0.119 e. The molecule has 0 N–H and O–H groups in total. The summed E-state index contributed by atoms with van der Waals surface area (Å²) in [7, 11) is 1.70. The van der Waals surface area contributed by atoms with E-state index < -0.39 is 0 Å². The molecule has 0 aliphatic heterocycles. The van der Waals surface area contributed by atoms with Crippen LogP contribution in [0.2, 0.25) is 0 Å². The molecule has 0 aliphatic carbocycles. The molecule has 0 aliphatic rings. The minimum atomic E-state index is 0.837. The molecule has 0 aromatic heterocycles. The second-order valence-corrected chi connectivity index (χ2v) is 4.66. The second-order valence-electron chi connectivity index (χ2n) is 3.81. The molecule has 0 saturated heterocycles. The normalized spacial score (nSPS) is 9.59. The van der Waals surface area contributed by atoms with E-state index in [1.807, 2.05) is 6.07 Å². The highest BCUT2D eigenvalue weighted by Gasteiger charge is 2.01. The molecular formula is C15H20OS. The third kappa shape index (κ3) is 4.75. The maximum Gasteiger partial charge on any atom is 0.119 e. The van der Waals surface area contributed by atoms with Crippen molar-refractivity contribution in [3.63, 3.8) is 0 Å². The first-order valence-corrected chi connectivity index (χ1v) is 7.21. The van der Waals surface area contributed by atoms with Crippen molar-refractivity contribution in [3.8, 4) is 17.6 Å². The van der Waals surface area contributed by atoms with Crippen LogP contribution in [0.5, 0.6) is 5.75 Å². The molecule has 0 spiro atoms. The summed E-state index contributed by atoms with van der Waals surface area (Å²) in [5.74, 6) is 7.38. The van der Waals surface area contributed by atoms with Crippen molar-refractivity contribution in [1.29, 1.82) is 0 Å². The van der Waals surface area contributed by atoms with Gasteiger partial charge in [-0.3, -0.25) is 0 Å². The van der Waals surface area contributed by atoms with Gasteiger partial charge in [0, 0.05) is 17.7 Å². The fourth-order valence-corrected chi connectivity index (χ4v) is 2.15. The Morgan fingerprint density at radius 2 is 2.12 bits per heavy atom. The molecule has 17 heavy (non-hydrogen) atoms. The Kier molecular flexibility index (Phi) is 6.65. The lowest BCUT2D eigenvalue weighted by Crippen LogP contribution is -1.89. The van der Waals surface area contributed by atoms with Gasteiger partial charge in [0.2, 0.25) is 0 Å². The first-order chi connectivity index (χ1) is 8.31. The SMILES string of the molecule is CCCCC#CCc1ccc(OC)cc1SC. The van der Waals surface area contributed by atoms with E-state index in [0.717, 1.165) is 18.6 Å². The van der Waals surface area contributed by atoms with Gasteiger partial charge in [0.1, 0.15) is 5.75 Å². The molecule has 0 heterocycles. The molecule has 0 amide bonds. The van der Waals surface area contributed by atoms with Crippen LogP contribution in [-0.2, 0) is 6.42 Å². The third-order valence-electron chi connectivity index (χ3n) is 2.55. The Morgan fingerprint density at radius 1 is 1.29 bits per heavy atom. The lowest BCUT2D eigenvalue weighted by molar-refractivity contribution is 0.413. The first kappa shape index (κ1) is 14.0. The predicted octanol–water partition coefficient (Wildman–Crippen LogP) is 4.15. The minimum Gasteiger partial charge on any atom is -0.497 e. The molecule has 0 atom stereocenters. The van der Waals surface area contributed by atoms with E-state index in [1.54, 1.807) is 18.9 Å². The van der Waals surface area contributed by atoms with E-state index in [2.05, 4.69) is 37.2 Å². The van der Waals surface area contributed by atoms with Crippen LogP contribution in [0, 0.1) is 11.8 Å². The molecule has 1 rings (SSSR count). The lowest BCUT2D eigenvalue weighted by Gasteiger charge is -2.06. The molecule has 92 valence electrons. The van der Waals surface area contributed by atoms with Crippen molar-refractivity contribution in [2.45, 2.75) is 37.5 Å². The molecular weight excluding hydrogens is 228 g/mol. The zero-order valence-corrected chi connectivity index (χ0v) is 11.7. The summed E-state index contributed by atoms with van der Waals surface area (Å²) in [6.07, 6.45) is 6.35. The third-order valence-corrected chi connectivity index (χ3v) is 3.37. The quantitative estimate of drug-likeness (QED) is 0.440. The van der Waals surface area contributed by atoms with Crippen LogP contribution in [0.25, 0.3) is 0 Å². The van der Waals surface area contributed by atoms with E-state index >= 15 is 0 Å². The van der Waals surface area contributed by atoms with Gasteiger partial charge >= 0.3 is 0 Å². The summed E-state index contributed by atoms with van der Waals surface area (Å²) in [4.78, 5) is 1.26. The number of ether oxygens (including phenoxy) is 1. The van der Waals surface area contributed by atoms with Gasteiger partial charge in [0.05, 0.1) is 7.11 Å². The number of unbranched alkanes of at least 4 members (excludes halogenated alkanes) is 2. The first-order valence-electron chi connectivity index (χ1n) is 5.98. The summed E-state index contributed by atoms with van der Waals surface area (Å²) < 4.78 is 5.22. The number of benzene rings is 1. The number of hydrogen-bond acceptors (Lipinski definition) is 2. The van der Waals surface area contributed by atoms with Crippen molar-refractivity contribution >= 4 is 11.8 Å². The van der Waals surface area contributed by atoms with Gasteiger partial charge in [-0.2, -0.15) is 0 Å². The van der Waals surface area contributed by atoms with Crippen LogP contribution >= 0.6 is 11.8 Å². The number of hydrogen-bond donors (Lipinski definition) is 0. The van der Waals surface area contributed by atoms with Crippen molar-refractivity contribution in [3.05, 3.63) is 23.8 Å². The largest absolute Gasteiger partial charge is 0.497 e. The number of thioether (sulfide) groups is 1. The summed E-state index contributed by atoms with van der Waals surface area (Å²) in [6.45, 7) is 2.19. The molecule has 1 aromatic rings. The van der Waals surface area contributed by atoms with Gasteiger partial charge in [-0.1, -0.05) is 25.3 Å². The topological polar surface area (TPSA) is 9.23 Å². The molecule has 0 saturated carbocycles. The Morgan fingerprint density at radius 3 is 2.76 bits per heavy atom. The summed E-state index contributed by atoms with van der Waals surface area (Å²) >= 11 is 1.75. The molecule has 1 nitrogen and oxygen atoms in total. The average Bonchev–Trinajstić information content (AvgIpc) is 2.38. The van der Waals surface area contributed by atoms with Gasteiger partial charge in [-0.25, -0.2) is 0 Å². The lowest BCUT2D eigenvalue weighted by atomic mass is 10.1. The summed E-state index contributed by atoms with van der Waals surface area (Å²) in [5.41, 5.74) is 1.29. The van der Waals surface area contributed by atoms with Crippen LogP contribution in [0.4, 0.5) is 0 Å². The number of rotatable bonds is 5. The maximum atomic E-state index is 5.22. The van der Waals surface area contributed by atoms with Crippen molar-refractivity contribution < 1.29 is 4.74 Å². The summed E-state index contributed by atoms with van der Waals surface area (Å²) in [6, 6.07) is 6.19. The molecule has 2 heteroatoms. The second kappa shape index (κ2) is 8.08. The molecule has 0 bridgehead atoms. The van der Waals surface area contributed by atoms with E-state index in [-0.39, 0.29) is 0 Å². The highest BCUT2D eigenvalue weighted by atomic mass is 32.2. The molecule has 0 unspecified atom stereocenters. The standard InChI is InChI=1S/C15H20OS/c1-4-5-6-7-8-9-13-10-11-14(16-2)12-15(13)17-3/h10-12H,4-6,9H2,1-3H3. The van der Waals surface area contributed by atoms with Crippen LogP contribution in [-0.4, -0.2) is 13.4 Å². The predicted molar refractivity (Wildman–Crippen MR) is 75.8 cm³/mol. The van der Waals surface area contributed by atoms with Gasteiger partial charge < -0.3 is 4.74 Å². The summed E-state index contributed by atoms with van der Waals surface area (Å²) in [5, 5.41) is 0. The molecule has 0 radical (unpaired) electrons. The fourth-order valence-electron chi connectivity index (χ4n) is 1.51. The van der Waals surface area contributed by atoms with Crippen LogP contribution in [0.3, 0.4) is 0 Å². The Bertz CT molecular complexity index is 401. The van der Waals surface area contributed by atoms with Crippen molar-refractivity contribution in [2.75, 3.05) is 13.4 Å². The number of methoxy groups -OCH3 is 1. The van der Waals surface area contributed by atoms with Gasteiger partial charge in [0.25, 0.3) is 0 Å². The fraction of sp³-hybridized carbons (Fsp3) is 0.467. The highest BCUT2D eigenvalue weighted by molar-refractivity contribution is 7.98. The minimum absolute atomic E-state index is 0.837. The Balaban J connectivity index is 2.66. The highest BCUT2D eigenvalue weighted by Crippen LogP contribution is 2.25. The zero-order chi connectivity index (χ0) is 12.5. The van der Waals surface area contributed by atoms with E-state index in [1.165, 1.54) is 23.3 Å². The molecule has 0 fully saturated rings. The van der Waals surface area contributed by atoms with E-state index in [0.29, 0.717) is 0 Å². The van der Waals surface area contributed by atoms with E-state index in [9.17, 15) is 0 Å². The average molecular weight is 248 g/mol. The van der Waals surface area contributed by atoms with Crippen LogP contribution in [0.1, 0.15) is 31.7 Å². The molecule has 1 aromatic carbocycles. The zero-order valence-electron chi connectivity index (χ0n) is 10.9. The van der Waals surface area contributed by atoms with Gasteiger partial charge in [-0.05, 0) is 30.4 Å². The van der Waals surface area contributed by atoms with Crippen LogP contribution < -0.4 is 4.74 Å². The van der Waals surface area contributed by atoms with Gasteiger partial charge in [0.15, 0.2) is 0 Å². The Hall–Kier alpha value is -1.07. The van der Waals surface area contributed by atoms with Crippen LogP contribution in [0.15, 0.2) is 23.1 Å². The monoisotopic (exact) mass is 248 g/mol. The van der Waals surface area contributed by atoms with Crippen molar-refractivity contribution in [2.24, 2.45) is 0 Å².